The average molecular weight is 442 g/mol. The number of nitrogens with one attached hydrogen (secondary N) is 1. The fraction of sp³-hybridized carbons (Fsp3) is 0.750. The first-order valence-electron chi connectivity index (χ1n) is 13.0. The van der Waals surface area contributed by atoms with Crippen molar-refractivity contribution < 1.29 is 14.6 Å². The predicted octanol–water partition coefficient (Wildman–Crippen LogP) is 5.83. The Labute approximate surface area is 194 Å². The van der Waals surface area contributed by atoms with Gasteiger partial charge < -0.3 is 15.2 Å². The molecule has 0 spiro atoms. The quantitative estimate of drug-likeness (QED) is 0.454. The third-order valence-corrected chi connectivity index (χ3v) is 8.63. The number of benzene rings is 1. The first-order valence-corrected chi connectivity index (χ1v) is 13.0. The molecule has 4 saturated carbocycles. The molecule has 1 amide bonds. The van der Waals surface area contributed by atoms with E-state index in [1.54, 1.807) is 6.07 Å². The van der Waals surface area contributed by atoms with E-state index in [1.807, 2.05) is 18.2 Å². The van der Waals surface area contributed by atoms with Crippen LogP contribution < -0.4 is 10.1 Å². The lowest BCUT2D eigenvalue weighted by Gasteiger charge is -2.59. The summed E-state index contributed by atoms with van der Waals surface area (Å²) in [5.74, 6) is 4.59. The van der Waals surface area contributed by atoms with Gasteiger partial charge in [0.1, 0.15) is 12.4 Å². The molecule has 4 nitrogen and oxygen atoms in total. The van der Waals surface area contributed by atoms with E-state index in [-0.39, 0.29) is 12.5 Å². The van der Waals surface area contributed by atoms with Crippen LogP contribution in [0.15, 0.2) is 24.3 Å². The van der Waals surface area contributed by atoms with Gasteiger partial charge in [-0.3, -0.25) is 4.79 Å². The maximum Gasteiger partial charge on any atom is 0.255 e. The summed E-state index contributed by atoms with van der Waals surface area (Å²) in [6.45, 7) is 7.63. The number of ether oxygens (including phenoxy) is 1. The molecule has 1 aromatic rings. The second-order valence-electron chi connectivity index (χ2n) is 11.7. The van der Waals surface area contributed by atoms with E-state index >= 15 is 0 Å². The average Bonchev–Trinajstić information content (AvgIpc) is 2.75. The first kappa shape index (κ1) is 23.6. The third kappa shape index (κ3) is 5.50. The molecule has 4 aliphatic rings. The molecule has 1 aromatic carbocycles. The monoisotopic (exact) mass is 441 g/mol. The Bertz CT molecular complexity index is 738. The summed E-state index contributed by atoms with van der Waals surface area (Å²) >= 11 is 0. The number of amides is 1. The Morgan fingerprint density at radius 2 is 1.66 bits per heavy atom. The van der Waals surface area contributed by atoms with Gasteiger partial charge in [0.15, 0.2) is 0 Å². The zero-order chi connectivity index (χ0) is 22.7. The summed E-state index contributed by atoms with van der Waals surface area (Å²) in [5.41, 5.74) is 1.08. The fourth-order valence-corrected chi connectivity index (χ4v) is 7.15. The highest BCUT2D eigenvalue weighted by atomic mass is 16.5. The Kier molecular flexibility index (Phi) is 7.49. The molecule has 4 heteroatoms. The maximum absolute atomic E-state index is 12.6. The molecule has 4 aliphatic carbocycles. The summed E-state index contributed by atoms with van der Waals surface area (Å²) in [5, 5.41) is 13.6. The van der Waals surface area contributed by atoms with Crippen LogP contribution in [0.2, 0.25) is 0 Å². The Hall–Kier alpha value is -1.55. The lowest BCUT2D eigenvalue weighted by Crippen LogP contribution is -2.49. The van der Waals surface area contributed by atoms with Crippen LogP contribution in [0.5, 0.6) is 5.75 Å². The second-order valence-corrected chi connectivity index (χ2v) is 11.7. The summed E-state index contributed by atoms with van der Waals surface area (Å²) < 4.78 is 5.92. The largest absolute Gasteiger partial charge is 0.490 e. The van der Waals surface area contributed by atoms with Gasteiger partial charge in [-0.15, -0.1) is 0 Å². The van der Waals surface area contributed by atoms with Crippen LogP contribution in [0.4, 0.5) is 0 Å². The van der Waals surface area contributed by atoms with Crippen molar-refractivity contribution in [2.24, 2.45) is 35.0 Å². The predicted molar refractivity (Wildman–Crippen MR) is 129 cm³/mol. The van der Waals surface area contributed by atoms with E-state index in [9.17, 15) is 9.90 Å². The van der Waals surface area contributed by atoms with Gasteiger partial charge in [-0.1, -0.05) is 32.9 Å². The van der Waals surface area contributed by atoms with E-state index in [0.717, 1.165) is 37.0 Å². The molecule has 0 saturated heterocycles. The van der Waals surface area contributed by atoms with E-state index in [4.69, 9.17) is 4.74 Å². The number of aliphatic hydroxyl groups is 1. The normalized spacial score (nSPS) is 30.3. The van der Waals surface area contributed by atoms with Crippen LogP contribution in [0, 0.1) is 35.0 Å². The summed E-state index contributed by atoms with van der Waals surface area (Å²) in [7, 11) is 0. The van der Waals surface area contributed by atoms with Crippen molar-refractivity contribution in [1.29, 1.82) is 0 Å². The zero-order valence-corrected chi connectivity index (χ0v) is 20.3. The van der Waals surface area contributed by atoms with E-state index in [0.29, 0.717) is 35.1 Å². The fourth-order valence-electron chi connectivity index (χ4n) is 7.15. The van der Waals surface area contributed by atoms with Crippen molar-refractivity contribution in [2.75, 3.05) is 13.2 Å². The molecule has 2 atom stereocenters. The van der Waals surface area contributed by atoms with Crippen molar-refractivity contribution in [3.63, 3.8) is 0 Å². The van der Waals surface area contributed by atoms with Gasteiger partial charge in [0, 0.05) is 6.54 Å². The van der Waals surface area contributed by atoms with Crippen LogP contribution in [-0.4, -0.2) is 30.3 Å². The van der Waals surface area contributed by atoms with Gasteiger partial charge in [-0.2, -0.15) is 0 Å². The van der Waals surface area contributed by atoms with Crippen molar-refractivity contribution in [3.8, 4) is 5.75 Å². The lowest BCUT2D eigenvalue weighted by molar-refractivity contribution is -0.0869. The molecule has 0 radical (unpaired) electrons. The number of para-hydroxylation sites is 1. The molecule has 4 bridgehead atoms. The van der Waals surface area contributed by atoms with Gasteiger partial charge in [0.2, 0.25) is 0 Å². The standard InChI is InChI=1S/C28H43NO3/c1-19(2)10-11-29-27(31)25-6-4-5-7-26(25)32-18-24(30)9-8-20(3)28-15-21-12-22(16-28)14-23(13-21)17-28/h4-7,19-24,30H,8-18H2,1-3H3,(H,29,31). The number of carbonyl (C=O) groups excluding carboxylic acids is 1. The molecule has 0 aromatic heterocycles. The van der Waals surface area contributed by atoms with E-state index < -0.39 is 6.10 Å². The van der Waals surface area contributed by atoms with E-state index in [1.165, 1.54) is 38.5 Å². The second kappa shape index (κ2) is 10.2. The highest BCUT2D eigenvalue weighted by Crippen LogP contribution is 2.63. The Morgan fingerprint density at radius 3 is 2.28 bits per heavy atom. The first-order chi connectivity index (χ1) is 15.3. The van der Waals surface area contributed by atoms with Crippen LogP contribution in [0.1, 0.15) is 88.9 Å². The minimum Gasteiger partial charge on any atom is -0.490 e. The zero-order valence-electron chi connectivity index (χ0n) is 20.3. The molecule has 2 unspecified atom stereocenters. The molecule has 4 fully saturated rings. The smallest absolute Gasteiger partial charge is 0.255 e. The number of rotatable bonds is 11. The van der Waals surface area contributed by atoms with Crippen molar-refractivity contribution in [2.45, 2.75) is 84.7 Å². The summed E-state index contributed by atoms with van der Waals surface area (Å²) in [4.78, 5) is 12.6. The minimum atomic E-state index is -0.497. The number of hydrogen-bond acceptors (Lipinski definition) is 3. The van der Waals surface area contributed by atoms with Crippen molar-refractivity contribution >= 4 is 5.91 Å². The number of aliphatic hydroxyl groups excluding tert-OH is 1. The Morgan fingerprint density at radius 1 is 1.03 bits per heavy atom. The highest BCUT2D eigenvalue weighted by Gasteiger charge is 2.52. The highest BCUT2D eigenvalue weighted by molar-refractivity contribution is 5.96. The topological polar surface area (TPSA) is 58.6 Å². The van der Waals surface area contributed by atoms with Crippen LogP contribution >= 0.6 is 0 Å². The van der Waals surface area contributed by atoms with Gasteiger partial charge >= 0.3 is 0 Å². The molecular formula is C28H43NO3. The molecule has 0 aliphatic heterocycles. The van der Waals surface area contributed by atoms with Crippen molar-refractivity contribution in [3.05, 3.63) is 29.8 Å². The summed E-state index contributed by atoms with van der Waals surface area (Å²) in [6.07, 6.45) is 11.0. The maximum atomic E-state index is 12.6. The van der Waals surface area contributed by atoms with Crippen LogP contribution in [-0.2, 0) is 0 Å². The molecule has 178 valence electrons. The van der Waals surface area contributed by atoms with Gasteiger partial charge in [-0.05, 0) is 105 Å². The number of carbonyl (C=O) groups is 1. The minimum absolute atomic E-state index is 0.105. The SMILES string of the molecule is CC(C)CCNC(=O)c1ccccc1OCC(O)CCC(C)C12CC3CC(CC(C3)C1)C2. The van der Waals surface area contributed by atoms with Gasteiger partial charge in [0.05, 0.1) is 11.7 Å². The molecule has 2 N–H and O–H groups in total. The third-order valence-electron chi connectivity index (χ3n) is 8.63. The van der Waals surface area contributed by atoms with Crippen LogP contribution in [0.25, 0.3) is 0 Å². The van der Waals surface area contributed by atoms with Gasteiger partial charge in [-0.25, -0.2) is 0 Å². The number of hydrogen-bond donors (Lipinski definition) is 2. The molecule has 5 rings (SSSR count). The Balaban J connectivity index is 1.25. The van der Waals surface area contributed by atoms with Crippen LogP contribution in [0.3, 0.4) is 0 Å². The molecule has 0 heterocycles. The van der Waals surface area contributed by atoms with Crippen molar-refractivity contribution in [1.82, 2.24) is 5.32 Å². The summed E-state index contributed by atoms with van der Waals surface area (Å²) in [6, 6.07) is 7.35. The van der Waals surface area contributed by atoms with Gasteiger partial charge in [0.25, 0.3) is 5.91 Å². The molecule has 32 heavy (non-hydrogen) atoms. The molecular weight excluding hydrogens is 398 g/mol. The lowest BCUT2D eigenvalue weighted by atomic mass is 9.46. The van der Waals surface area contributed by atoms with E-state index in [2.05, 4.69) is 26.1 Å².